The van der Waals surface area contributed by atoms with Crippen LogP contribution < -0.4 is 15.2 Å². The van der Waals surface area contributed by atoms with E-state index in [0.29, 0.717) is 5.75 Å². The average Bonchev–Trinajstić information content (AvgIpc) is 2.42. The Balaban J connectivity index is 2.24. The third-order valence-electron chi connectivity index (χ3n) is 2.86. The highest BCUT2D eigenvalue weighted by atomic mass is 19.1. The average molecular weight is 261 g/mol. The Morgan fingerprint density at radius 1 is 1.11 bits per heavy atom. The summed E-state index contributed by atoms with van der Waals surface area (Å²) in [6.07, 6.45) is -0.260. The fraction of sp³-hybridized carbons (Fsp3) is 0.200. The minimum Gasteiger partial charge on any atom is -0.494 e. The molecule has 0 amide bonds. The first-order valence-electron chi connectivity index (χ1n) is 5.96. The molecule has 2 N–H and O–H groups in total. The van der Waals surface area contributed by atoms with E-state index in [9.17, 15) is 4.39 Å². The number of hydrogen-bond donors (Lipinski definition) is 1. The highest BCUT2D eigenvalue weighted by Gasteiger charge is 2.13. The van der Waals surface area contributed by atoms with Crippen molar-refractivity contribution in [2.45, 2.75) is 13.0 Å². The van der Waals surface area contributed by atoms with E-state index in [-0.39, 0.29) is 17.5 Å². The van der Waals surface area contributed by atoms with Crippen molar-refractivity contribution in [2.75, 3.05) is 12.8 Å². The molecule has 1 unspecified atom stereocenters. The summed E-state index contributed by atoms with van der Waals surface area (Å²) < 4.78 is 24.5. The molecule has 0 radical (unpaired) electrons. The maximum Gasteiger partial charge on any atom is 0.167 e. The van der Waals surface area contributed by atoms with Crippen molar-refractivity contribution in [1.29, 1.82) is 0 Å². The number of halogens is 1. The van der Waals surface area contributed by atoms with Gasteiger partial charge in [-0.3, -0.25) is 0 Å². The molecule has 0 heterocycles. The van der Waals surface area contributed by atoms with Gasteiger partial charge in [0.05, 0.1) is 12.8 Å². The third-order valence-corrected chi connectivity index (χ3v) is 2.86. The molecular formula is C15H16FNO2. The van der Waals surface area contributed by atoms with Gasteiger partial charge in [0.25, 0.3) is 0 Å². The van der Waals surface area contributed by atoms with Crippen LogP contribution in [0.15, 0.2) is 42.5 Å². The third kappa shape index (κ3) is 2.96. The molecule has 0 spiro atoms. The number of anilines is 1. The van der Waals surface area contributed by atoms with Crippen LogP contribution in [0, 0.1) is 5.82 Å². The molecule has 100 valence electrons. The van der Waals surface area contributed by atoms with Gasteiger partial charge in [-0.1, -0.05) is 30.3 Å². The minimum atomic E-state index is -0.499. The summed E-state index contributed by atoms with van der Waals surface area (Å²) in [5.41, 5.74) is 6.84. The minimum absolute atomic E-state index is 0.127. The largest absolute Gasteiger partial charge is 0.494 e. The molecule has 0 bridgehead atoms. The molecule has 19 heavy (non-hydrogen) atoms. The molecule has 0 aromatic heterocycles. The number of hydrogen-bond acceptors (Lipinski definition) is 3. The second-order valence-electron chi connectivity index (χ2n) is 4.20. The molecule has 0 fully saturated rings. The molecule has 0 aliphatic carbocycles. The van der Waals surface area contributed by atoms with Crippen molar-refractivity contribution in [3.63, 3.8) is 0 Å². The number of rotatable bonds is 4. The van der Waals surface area contributed by atoms with Crippen LogP contribution in [0.1, 0.15) is 18.6 Å². The van der Waals surface area contributed by atoms with Crippen LogP contribution in [-0.4, -0.2) is 7.11 Å². The second kappa shape index (κ2) is 5.61. The predicted octanol–water partition coefficient (Wildman–Crippen LogP) is 3.56. The topological polar surface area (TPSA) is 44.5 Å². The summed E-state index contributed by atoms with van der Waals surface area (Å²) >= 11 is 0. The molecule has 0 aliphatic heterocycles. The van der Waals surface area contributed by atoms with Gasteiger partial charge < -0.3 is 15.2 Å². The van der Waals surface area contributed by atoms with Crippen molar-refractivity contribution in [3.8, 4) is 11.5 Å². The van der Waals surface area contributed by atoms with Crippen LogP contribution >= 0.6 is 0 Å². The zero-order valence-electron chi connectivity index (χ0n) is 10.9. The zero-order valence-corrected chi connectivity index (χ0v) is 10.9. The molecule has 3 nitrogen and oxygen atoms in total. The summed E-state index contributed by atoms with van der Waals surface area (Å²) in [5.74, 6) is 0.0279. The van der Waals surface area contributed by atoms with E-state index < -0.39 is 5.82 Å². The predicted molar refractivity (Wildman–Crippen MR) is 72.8 cm³/mol. The van der Waals surface area contributed by atoms with E-state index in [0.717, 1.165) is 5.56 Å². The van der Waals surface area contributed by atoms with Crippen LogP contribution in [0.4, 0.5) is 10.1 Å². The molecular weight excluding hydrogens is 245 g/mol. The fourth-order valence-electron chi connectivity index (χ4n) is 1.80. The first kappa shape index (κ1) is 13.2. The van der Waals surface area contributed by atoms with E-state index in [2.05, 4.69) is 0 Å². The number of nitrogens with two attached hydrogens (primary N) is 1. The van der Waals surface area contributed by atoms with Gasteiger partial charge in [-0.25, -0.2) is 4.39 Å². The standard InChI is InChI=1S/C15H16FNO2/c1-10(11-6-4-3-5-7-11)19-14-9-15(18-2)13(17)8-12(14)16/h3-10H,17H2,1-2H3. The van der Waals surface area contributed by atoms with Crippen LogP contribution in [0.3, 0.4) is 0 Å². The van der Waals surface area contributed by atoms with Crippen LogP contribution in [0.25, 0.3) is 0 Å². The normalized spacial score (nSPS) is 11.9. The lowest BCUT2D eigenvalue weighted by atomic mass is 10.1. The molecule has 2 rings (SSSR count). The Morgan fingerprint density at radius 2 is 1.79 bits per heavy atom. The summed E-state index contributed by atoms with van der Waals surface area (Å²) in [5, 5.41) is 0. The Labute approximate surface area is 111 Å². The van der Waals surface area contributed by atoms with Crippen LogP contribution in [0.2, 0.25) is 0 Å². The maximum absolute atomic E-state index is 13.8. The Hall–Kier alpha value is -2.23. The fourth-order valence-corrected chi connectivity index (χ4v) is 1.80. The van der Waals surface area contributed by atoms with Crippen molar-refractivity contribution in [1.82, 2.24) is 0 Å². The van der Waals surface area contributed by atoms with Gasteiger partial charge in [0, 0.05) is 12.1 Å². The lowest BCUT2D eigenvalue weighted by Crippen LogP contribution is -2.05. The van der Waals surface area contributed by atoms with Gasteiger partial charge in [0.15, 0.2) is 11.6 Å². The van der Waals surface area contributed by atoms with E-state index in [1.165, 1.54) is 19.2 Å². The Kier molecular flexibility index (Phi) is 3.90. The van der Waals surface area contributed by atoms with E-state index in [1.54, 1.807) is 0 Å². The summed E-state index contributed by atoms with van der Waals surface area (Å²) in [4.78, 5) is 0. The van der Waals surface area contributed by atoms with Crippen molar-refractivity contribution >= 4 is 5.69 Å². The van der Waals surface area contributed by atoms with Gasteiger partial charge >= 0.3 is 0 Å². The molecule has 0 saturated carbocycles. The molecule has 0 aliphatic rings. The second-order valence-corrected chi connectivity index (χ2v) is 4.20. The van der Waals surface area contributed by atoms with Crippen molar-refractivity contribution in [2.24, 2.45) is 0 Å². The van der Waals surface area contributed by atoms with Crippen LogP contribution in [0.5, 0.6) is 11.5 Å². The van der Waals surface area contributed by atoms with Gasteiger partial charge in [-0.2, -0.15) is 0 Å². The van der Waals surface area contributed by atoms with Gasteiger partial charge in [0.2, 0.25) is 0 Å². The first-order valence-corrected chi connectivity index (χ1v) is 5.96. The van der Waals surface area contributed by atoms with Crippen LogP contribution in [-0.2, 0) is 0 Å². The number of benzene rings is 2. The molecule has 4 heteroatoms. The number of ether oxygens (including phenoxy) is 2. The van der Waals surface area contributed by atoms with E-state index in [1.807, 2.05) is 37.3 Å². The SMILES string of the molecule is COc1cc(OC(C)c2ccccc2)c(F)cc1N. The highest BCUT2D eigenvalue weighted by Crippen LogP contribution is 2.32. The van der Waals surface area contributed by atoms with E-state index in [4.69, 9.17) is 15.2 Å². The summed E-state index contributed by atoms with van der Waals surface area (Å²) in [6, 6.07) is 12.3. The molecule has 1 atom stereocenters. The zero-order chi connectivity index (χ0) is 13.8. The van der Waals surface area contributed by atoms with E-state index >= 15 is 0 Å². The first-order chi connectivity index (χ1) is 9.11. The summed E-state index contributed by atoms with van der Waals surface area (Å²) in [6.45, 7) is 1.86. The lowest BCUT2D eigenvalue weighted by Gasteiger charge is -2.16. The highest BCUT2D eigenvalue weighted by molar-refractivity contribution is 5.56. The lowest BCUT2D eigenvalue weighted by molar-refractivity contribution is 0.215. The smallest absolute Gasteiger partial charge is 0.167 e. The van der Waals surface area contributed by atoms with Crippen molar-refractivity contribution < 1.29 is 13.9 Å². The van der Waals surface area contributed by atoms with Gasteiger partial charge in [-0.05, 0) is 12.5 Å². The van der Waals surface area contributed by atoms with Gasteiger partial charge in [0.1, 0.15) is 11.9 Å². The molecule has 2 aromatic rings. The quantitative estimate of drug-likeness (QED) is 0.856. The maximum atomic E-state index is 13.8. The van der Waals surface area contributed by atoms with Crippen molar-refractivity contribution in [3.05, 3.63) is 53.8 Å². The Morgan fingerprint density at radius 3 is 2.42 bits per heavy atom. The Bertz CT molecular complexity index is 558. The number of methoxy groups -OCH3 is 1. The number of nitrogen functional groups attached to an aromatic ring is 1. The van der Waals surface area contributed by atoms with Gasteiger partial charge in [-0.15, -0.1) is 0 Å². The monoisotopic (exact) mass is 261 g/mol. The molecule has 2 aromatic carbocycles. The summed E-state index contributed by atoms with van der Waals surface area (Å²) in [7, 11) is 1.48. The molecule has 0 saturated heterocycles.